The summed E-state index contributed by atoms with van der Waals surface area (Å²) in [4.78, 5) is 29.4. The summed E-state index contributed by atoms with van der Waals surface area (Å²) in [5, 5.41) is 4.68. The second-order valence-electron chi connectivity index (χ2n) is 4.13. The summed E-state index contributed by atoms with van der Waals surface area (Å²) >= 11 is 1.28. The Hall–Kier alpha value is -2.21. The maximum atomic E-state index is 12.1. The predicted molar refractivity (Wildman–Crippen MR) is 73.2 cm³/mol. The second kappa shape index (κ2) is 4.81. The number of carbonyl (C=O) groups is 2. The molecule has 6 heteroatoms. The first-order valence-electron chi connectivity index (χ1n) is 5.86. The number of para-hydroxylation sites is 1. The Bertz CT molecular complexity index is 625. The van der Waals surface area contributed by atoms with Gasteiger partial charge in [0.05, 0.1) is 0 Å². The van der Waals surface area contributed by atoms with Gasteiger partial charge in [-0.25, -0.2) is 4.98 Å². The van der Waals surface area contributed by atoms with Gasteiger partial charge in [0.15, 0.2) is 5.13 Å². The first-order chi connectivity index (χ1) is 9.25. The number of rotatable bonds is 1. The molecule has 0 unspecified atom stereocenters. The Labute approximate surface area is 113 Å². The standard InChI is InChI=1S/C13H11N3O2S/c17-11(15-13-14-6-8-19-13)12(18)16-7-5-9-3-1-2-4-10(9)16/h1-4,6,8H,5,7H2,(H,14,15,17). The number of amides is 2. The van der Waals surface area contributed by atoms with Gasteiger partial charge >= 0.3 is 11.8 Å². The lowest BCUT2D eigenvalue weighted by atomic mass is 10.2. The monoisotopic (exact) mass is 273 g/mol. The fourth-order valence-electron chi connectivity index (χ4n) is 2.11. The number of nitrogens with one attached hydrogen (secondary N) is 1. The van der Waals surface area contributed by atoms with Crippen LogP contribution in [0.2, 0.25) is 0 Å². The summed E-state index contributed by atoms with van der Waals surface area (Å²) in [6.07, 6.45) is 2.36. The third-order valence-corrected chi connectivity index (χ3v) is 3.67. The lowest BCUT2D eigenvalue weighted by Crippen LogP contribution is -2.38. The van der Waals surface area contributed by atoms with Crippen LogP contribution >= 0.6 is 11.3 Å². The lowest BCUT2D eigenvalue weighted by Gasteiger charge is -2.15. The van der Waals surface area contributed by atoms with Gasteiger partial charge in [-0.15, -0.1) is 11.3 Å². The van der Waals surface area contributed by atoms with Gasteiger partial charge in [0.25, 0.3) is 0 Å². The van der Waals surface area contributed by atoms with Crippen LogP contribution in [0.15, 0.2) is 35.8 Å². The number of thiazole rings is 1. The summed E-state index contributed by atoms with van der Waals surface area (Å²) in [6, 6.07) is 7.63. The van der Waals surface area contributed by atoms with E-state index in [1.807, 2.05) is 24.3 Å². The van der Waals surface area contributed by atoms with Gasteiger partial charge in [-0.1, -0.05) is 18.2 Å². The molecule has 0 saturated carbocycles. The molecule has 0 radical (unpaired) electrons. The van der Waals surface area contributed by atoms with Crippen molar-refractivity contribution in [1.29, 1.82) is 0 Å². The number of fused-ring (bicyclic) bond motifs is 1. The van der Waals surface area contributed by atoms with E-state index in [0.717, 1.165) is 17.7 Å². The minimum atomic E-state index is -0.647. The Kier molecular flexibility index (Phi) is 3.00. The number of nitrogens with zero attached hydrogens (tertiary/aromatic N) is 2. The maximum Gasteiger partial charge on any atom is 0.316 e. The Balaban J connectivity index is 1.77. The molecule has 1 aromatic carbocycles. The van der Waals surface area contributed by atoms with Gasteiger partial charge in [-0.3, -0.25) is 14.9 Å². The molecule has 0 saturated heterocycles. The highest BCUT2D eigenvalue weighted by molar-refractivity contribution is 7.13. The molecule has 1 N–H and O–H groups in total. The molecule has 96 valence electrons. The zero-order chi connectivity index (χ0) is 13.2. The van der Waals surface area contributed by atoms with Crippen molar-refractivity contribution in [3.05, 3.63) is 41.4 Å². The van der Waals surface area contributed by atoms with Crippen LogP contribution in [0, 0.1) is 0 Å². The summed E-state index contributed by atoms with van der Waals surface area (Å²) in [5.41, 5.74) is 1.92. The molecular weight excluding hydrogens is 262 g/mol. The Morgan fingerprint density at radius 3 is 2.95 bits per heavy atom. The fraction of sp³-hybridized carbons (Fsp3) is 0.154. The first kappa shape index (κ1) is 11.9. The summed E-state index contributed by atoms with van der Waals surface area (Å²) in [7, 11) is 0. The lowest BCUT2D eigenvalue weighted by molar-refractivity contribution is -0.134. The summed E-state index contributed by atoms with van der Waals surface area (Å²) < 4.78 is 0. The predicted octanol–water partition coefficient (Wildman–Crippen LogP) is 1.67. The zero-order valence-corrected chi connectivity index (χ0v) is 10.8. The molecule has 2 amide bonds. The summed E-state index contributed by atoms with van der Waals surface area (Å²) in [5.74, 6) is -1.19. The zero-order valence-electron chi connectivity index (χ0n) is 10.00. The molecule has 5 nitrogen and oxygen atoms in total. The fourth-order valence-corrected chi connectivity index (χ4v) is 2.63. The molecule has 1 aromatic heterocycles. The van der Waals surface area contributed by atoms with Gasteiger partial charge < -0.3 is 4.90 Å². The van der Waals surface area contributed by atoms with E-state index in [9.17, 15) is 9.59 Å². The molecule has 19 heavy (non-hydrogen) atoms. The number of anilines is 2. The van der Waals surface area contributed by atoms with E-state index in [2.05, 4.69) is 10.3 Å². The van der Waals surface area contributed by atoms with Gasteiger partial charge in [-0.05, 0) is 18.1 Å². The second-order valence-corrected chi connectivity index (χ2v) is 5.02. The highest BCUT2D eigenvalue weighted by Crippen LogP contribution is 2.27. The van der Waals surface area contributed by atoms with Crippen LogP contribution in [0.25, 0.3) is 0 Å². The van der Waals surface area contributed by atoms with E-state index in [1.54, 1.807) is 11.6 Å². The van der Waals surface area contributed by atoms with Crippen molar-refractivity contribution in [3.63, 3.8) is 0 Å². The molecule has 2 aromatic rings. The van der Waals surface area contributed by atoms with Crippen LogP contribution in [-0.2, 0) is 16.0 Å². The van der Waals surface area contributed by atoms with Crippen molar-refractivity contribution in [2.45, 2.75) is 6.42 Å². The number of hydrogen-bond donors (Lipinski definition) is 1. The van der Waals surface area contributed by atoms with E-state index >= 15 is 0 Å². The van der Waals surface area contributed by atoms with E-state index < -0.39 is 11.8 Å². The van der Waals surface area contributed by atoms with Crippen molar-refractivity contribution in [3.8, 4) is 0 Å². The molecule has 3 rings (SSSR count). The van der Waals surface area contributed by atoms with Crippen molar-refractivity contribution < 1.29 is 9.59 Å². The molecule has 0 fully saturated rings. The molecule has 0 spiro atoms. The van der Waals surface area contributed by atoms with Crippen LogP contribution in [-0.4, -0.2) is 23.3 Å². The smallest absolute Gasteiger partial charge is 0.304 e. The molecule has 1 aliphatic rings. The van der Waals surface area contributed by atoms with Crippen LogP contribution in [0.4, 0.5) is 10.8 Å². The van der Waals surface area contributed by atoms with Crippen molar-refractivity contribution in [2.24, 2.45) is 0 Å². The van der Waals surface area contributed by atoms with Crippen molar-refractivity contribution in [2.75, 3.05) is 16.8 Å². The summed E-state index contributed by atoms with van der Waals surface area (Å²) in [6.45, 7) is 0.545. The molecule has 0 aliphatic carbocycles. The normalized spacial score (nSPS) is 13.2. The largest absolute Gasteiger partial charge is 0.316 e. The number of hydrogen-bond acceptors (Lipinski definition) is 4. The molecule has 2 heterocycles. The third-order valence-electron chi connectivity index (χ3n) is 2.98. The first-order valence-corrected chi connectivity index (χ1v) is 6.74. The van der Waals surface area contributed by atoms with Crippen molar-refractivity contribution >= 4 is 34.0 Å². The van der Waals surface area contributed by atoms with Crippen LogP contribution in [0.1, 0.15) is 5.56 Å². The van der Waals surface area contributed by atoms with Crippen molar-refractivity contribution in [1.82, 2.24) is 4.98 Å². The van der Waals surface area contributed by atoms with Crippen LogP contribution in [0.3, 0.4) is 0 Å². The SMILES string of the molecule is O=C(Nc1nccs1)C(=O)N1CCc2ccccc21. The molecule has 1 aliphatic heterocycles. The highest BCUT2D eigenvalue weighted by atomic mass is 32.1. The van der Waals surface area contributed by atoms with Gasteiger partial charge in [-0.2, -0.15) is 0 Å². The van der Waals surface area contributed by atoms with E-state index in [-0.39, 0.29) is 0 Å². The van der Waals surface area contributed by atoms with E-state index in [0.29, 0.717) is 11.7 Å². The number of carbonyl (C=O) groups excluding carboxylic acids is 2. The molecular formula is C13H11N3O2S. The number of aromatic nitrogens is 1. The Morgan fingerprint density at radius 2 is 2.16 bits per heavy atom. The molecule has 0 atom stereocenters. The highest BCUT2D eigenvalue weighted by Gasteiger charge is 2.29. The Morgan fingerprint density at radius 1 is 1.32 bits per heavy atom. The van der Waals surface area contributed by atoms with Gasteiger partial charge in [0.2, 0.25) is 0 Å². The maximum absolute atomic E-state index is 12.1. The van der Waals surface area contributed by atoms with E-state index in [4.69, 9.17) is 0 Å². The minimum Gasteiger partial charge on any atom is -0.304 e. The number of benzene rings is 1. The van der Waals surface area contributed by atoms with E-state index in [1.165, 1.54) is 16.2 Å². The molecule has 0 bridgehead atoms. The third kappa shape index (κ3) is 2.22. The average molecular weight is 273 g/mol. The van der Waals surface area contributed by atoms with Gasteiger partial charge in [0.1, 0.15) is 0 Å². The quantitative estimate of drug-likeness (QED) is 0.804. The van der Waals surface area contributed by atoms with Crippen LogP contribution in [0.5, 0.6) is 0 Å². The topological polar surface area (TPSA) is 62.3 Å². The van der Waals surface area contributed by atoms with Gasteiger partial charge in [0, 0.05) is 23.8 Å². The minimum absolute atomic E-state index is 0.436. The average Bonchev–Trinajstić information content (AvgIpc) is 3.06. The van der Waals surface area contributed by atoms with Crippen LogP contribution < -0.4 is 10.2 Å².